The summed E-state index contributed by atoms with van der Waals surface area (Å²) in [5.74, 6) is 0.508. The lowest BCUT2D eigenvalue weighted by Crippen LogP contribution is -2.38. The summed E-state index contributed by atoms with van der Waals surface area (Å²) in [6, 6.07) is 4.18. The largest absolute Gasteiger partial charge is 0.342 e. The lowest BCUT2D eigenvalue weighted by atomic mass is 9.85. The van der Waals surface area contributed by atoms with Crippen LogP contribution in [0.5, 0.6) is 0 Å². The Kier molecular flexibility index (Phi) is 5.05. The molecule has 1 unspecified atom stereocenters. The number of hydrogen-bond donors (Lipinski definition) is 0. The highest BCUT2D eigenvalue weighted by Gasteiger charge is 2.51. The standard InChI is InChI=1S/C18H26N2O2S/c1-2-10-19-11-8-18(17(19)22)9-12-20(14-18)16(21)7-3-5-15-6-4-13-23-15/h4,6,13H,2-3,5,7-12,14H2,1H3. The lowest BCUT2D eigenvalue weighted by molar-refractivity contribution is -0.136. The zero-order chi connectivity index (χ0) is 16.3. The molecular weight excluding hydrogens is 308 g/mol. The molecule has 4 nitrogen and oxygen atoms in total. The minimum Gasteiger partial charge on any atom is -0.342 e. The Bertz CT molecular complexity index is 557. The summed E-state index contributed by atoms with van der Waals surface area (Å²) in [6.45, 7) is 5.23. The van der Waals surface area contributed by atoms with Crippen molar-refractivity contribution in [1.29, 1.82) is 0 Å². The van der Waals surface area contributed by atoms with Crippen LogP contribution in [0.25, 0.3) is 0 Å². The van der Waals surface area contributed by atoms with Crippen LogP contribution in [0.4, 0.5) is 0 Å². The van der Waals surface area contributed by atoms with E-state index in [1.54, 1.807) is 11.3 Å². The van der Waals surface area contributed by atoms with Crippen molar-refractivity contribution in [2.75, 3.05) is 26.2 Å². The van der Waals surface area contributed by atoms with E-state index in [4.69, 9.17) is 0 Å². The first-order chi connectivity index (χ1) is 11.1. The molecular formula is C18H26N2O2S. The van der Waals surface area contributed by atoms with Gasteiger partial charge in [-0.15, -0.1) is 11.3 Å². The van der Waals surface area contributed by atoms with Crippen LogP contribution in [0.1, 0.15) is 43.9 Å². The van der Waals surface area contributed by atoms with Gasteiger partial charge in [0.25, 0.3) is 0 Å². The maximum Gasteiger partial charge on any atom is 0.230 e. The van der Waals surface area contributed by atoms with Crippen LogP contribution in [0.2, 0.25) is 0 Å². The van der Waals surface area contributed by atoms with Crippen molar-refractivity contribution >= 4 is 23.2 Å². The van der Waals surface area contributed by atoms with Gasteiger partial charge in [-0.25, -0.2) is 0 Å². The van der Waals surface area contributed by atoms with Crippen molar-refractivity contribution in [1.82, 2.24) is 9.80 Å². The summed E-state index contributed by atoms with van der Waals surface area (Å²) in [7, 11) is 0. The van der Waals surface area contributed by atoms with Gasteiger partial charge >= 0.3 is 0 Å². The molecule has 23 heavy (non-hydrogen) atoms. The molecule has 2 amide bonds. The summed E-state index contributed by atoms with van der Waals surface area (Å²) < 4.78 is 0. The van der Waals surface area contributed by atoms with E-state index in [-0.39, 0.29) is 17.2 Å². The Morgan fingerprint density at radius 2 is 2.17 bits per heavy atom. The summed E-state index contributed by atoms with van der Waals surface area (Å²) >= 11 is 1.75. The molecule has 126 valence electrons. The van der Waals surface area contributed by atoms with E-state index in [0.29, 0.717) is 13.0 Å². The van der Waals surface area contributed by atoms with Crippen LogP contribution in [0.3, 0.4) is 0 Å². The first kappa shape index (κ1) is 16.5. The number of thiophene rings is 1. The second-order valence-electron chi connectivity index (χ2n) is 6.82. The van der Waals surface area contributed by atoms with Gasteiger partial charge in [0, 0.05) is 37.5 Å². The molecule has 1 aromatic rings. The van der Waals surface area contributed by atoms with Crippen LogP contribution >= 0.6 is 11.3 Å². The quantitative estimate of drug-likeness (QED) is 0.802. The van der Waals surface area contributed by atoms with Crippen LogP contribution in [0, 0.1) is 5.41 Å². The third-order valence-corrected chi connectivity index (χ3v) is 6.13. The molecule has 0 N–H and O–H groups in total. The maximum atomic E-state index is 12.6. The topological polar surface area (TPSA) is 40.6 Å². The molecule has 0 aliphatic carbocycles. The minimum absolute atomic E-state index is 0.222. The Labute approximate surface area is 142 Å². The average Bonchev–Trinajstić information content (AvgIpc) is 3.26. The summed E-state index contributed by atoms with van der Waals surface area (Å²) in [5, 5.41) is 2.08. The first-order valence-electron chi connectivity index (χ1n) is 8.74. The number of likely N-dealkylation sites (tertiary alicyclic amines) is 2. The van der Waals surface area contributed by atoms with Crippen LogP contribution in [-0.4, -0.2) is 47.8 Å². The van der Waals surface area contributed by atoms with E-state index in [0.717, 1.165) is 51.7 Å². The van der Waals surface area contributed by atoms with Gasteiger partial charge in [0.05, 0.1) is 5.41 Å². The van der Waals surface area contributed by atoms with Gasteiger partial charge in [0.1, 0.15) is 0 Å². The van der Waals surface area contributed by atoms with Crippen LogP contribution in [0.15, 0.2) is 17.5 Å². The van der Waals surface area contributed by atoms with Gasteiger partial charge in [-0.1, -0.05) is 13.0 Å². The third kappa shape index (κ3) is 3.44. The van der Waals surface area contributed by atoms with Crippen molar-refractivity contribution in [2.24, 2.45) is 5.41 Å². The number of carbonyl (C=O) groups excluding carboxylic acids is 2. The fraction of sp³-hybridized carbons (Fsp3) is 0.667. The molecule has 3 rings (SSSR count). The molecule has 2 fully saturated rings. The number of nitrogens with zero attached hydrogens (tertiary/aromatic N) is 2. The Hall–Kier alpha value is -1.36. The van der Waals surface area contributed by atoms with Gasteiger partial charge in [-0.3, -0.25) is 9.59 Å². The lowest BCUT2D eigenvalue weighted by Gasteiger charge is -2.23. The zero-order valence-electron chi connectivity index (χ0n) is 13.9. The van der Waals surface area contributed by atoms with Crippen molar-refractivity contribution in [3.63, 3.8) is 0 Å². The fourth-order valence-corrected chi connectivity index (χ4v) is 4.62. The summed E-state index contributed by atoms with van der Waals surface area (Å²) in [4.78, 5) is 30.3. The highest BCUT2D eigenvalue weighted by Crippen LogP contribution is 2.40. The average molecular weight is 334 g/mol. The molecule has 1 atom stereocenters. The predicted molar refractivity (Wildman–Crippen MR) is 92.4 cm³/mol. The van der Waals surface area contributed by atoms with E-state index in [1.165, 1.54) is 4.88 Å². The minimum atomic E-state index is -0.265. The molecule has 0 bridgehead atoms. The van der Waals surface area contributed by atoms with Crippen molar-refractivity contribution in [3.8, 4) is 0 Å². The monoisotopic (exact) mass is 334 g/mol. The highest BCUT2D eigenvalue weighted by atomic mass is 32.1. The number of amides is 2. The van der Waals surface area contributed by atoms with E-state index >= 15 is 0 Å². The Morgan fingerprint density at radius 1 is 1.35 bits per heavy atom. The molecule has 0 radical (unpaired) electrons. The molecule has 2 aliphatic rings. The molecule has 5 heteroatoms. The smallest absolute Gasteiger partial charge is 0.230 e. The second-order valence-corrected chi connectivity index (χ2v) is 7.85. The van der Waals surface area contributed by atoms with Crippen LogP contribution < -0.4 is 0 Å². The van der Waals surface area contributed by atoms with E-state index < -0.39 is 0 Å². The molecule has 2 saturated heterocycles. The van der Waals surface area contributed by atoms with Gasteiger partial charge in [-0.2, -0.15) is 0 Å². The maximum absolute atomic E-state index is 12.6. The molecule has 2 aliphatic heterocycles. The Morgan fingerprint density at radius 3 is 2.91 bits per heavy atom. The molecule has 3 heterocycles. The van der Waals surface area contributed by atoms with Crippen molar-refractivity contribution < 1.29 is 9.59 Å². The van der Waals surface area contributed by atoms with Crippen molar-refractivity contribution in [2.45, 2.75) is 45.4 Å². The number of hydrogen-bond acceptors (Lipinski definition) is 3. The molecule has 0 aromatic carbocycles. The zero-order valence-corrected chi connectivity index (χ0v) is 14.7. The second kappa shape index (κ2) is 7.04. The van der Waals surface area contributed by atoms with Gasteiger partial charge in [0.2, 0.25) is 11.8 Å². The van der Waals surface area contributed by atoms with E-state index in [2.05, 4.69) is 24.4 Å². The Balaban J connectivity index is 1.49. The highest BCUT2D eigenvalue weighted by molar-refractivity contribution is 7.09. The third-order valence-electron chi connectivity index (χ3n) is 5.20. The number of aryl methyl sites for hydroxylation is 1. The SMILES string of the molecule is CCCN1CCC2(CCN(C(=O)CCCc3cccs3)C2)C1=O. The predicted octanol–water partition coefficient (Wildman–Crippen LogP) is 2.93. The fourth-order valence-electron chi connectivity index (χ4n) is 3.87. The van der Waals surface area contributed by atoms with E-state index in [1.807, 2.05) is 9.80 Å². The van der Waals surface area contributed by atoms with Gasteiger partial charge in [-0.05, 0) is 43.6 Å². The first-order valence-corrected chi connectivity index (χ1v) is 9.62. The van der Waals surface area contributed by atoms with Crippen LogP contribution in [-0.2, 0) is 16.0 Å². The van der Waals surface area contributed by atoms with E-state index in [9.17, 15) is 9.59 Å². The number of carbonyl (C=O) groups is 2. The summed E-state index contributed by atoms with van der Waals surface area (Å²) in [5.41, 5.74) is -0.265. The van der Waals surface area contributed by atoms with Gasteiger partial charge in [0.15, 0.2) is 0 Å². The summed E-state index contributed by atoms with van der Waals surface area (Å²) in [6.07, 6.45) is 5.26. The normalized spacial score (nSPS) is 24.1. The van der Waals surface area contributed by atoms with Crippen molar-refractivity contribution in [3.05, 3.63) is 22.4 Å². The van der Waals surface area contributed by atoms with Gasteiger partial charge < -0.3 is 9.80 Å². The molecule has 0 saturated carbocycles. The molecule has 1 spiro atoms. The number of rotatable bonds is 6. The molecule has 1 aromatic heterocycles.